The predicted molar refractivity (Wildman–Crippen MR) is 100 cm³/mol. The van der Waals surface area contributed by atoms with E-state index in [1.54, 1.807) is 13.0 Å². The summed E-state index contributed by atoms with van der Waals surface area (Å²) in [6.07, 6.45) is 0. The highest BCUT2D eigenvalue weighted by Crippen LogP contribution is 2.50. The molecule has 25 heavy (non-hydrogen) atoms. The van der Waals surface area contributed by atoms with E-state index >= 15 is 0 Å². The van der Waals surface area contributed by atoms with E-state index in [1.807, 2.05) is 13.0 Å². The van der Waals surface area contributed by atoms with E-state index in [-0.39, 0.29) is 5.91 Å². The molecule has 122 valence electrons. The summed E-state index contributed by atoms with van der Waals surface area (Å²) in [5, 5.41) is 5.99. The Morgan fingerprint density at radius 3 is 2.60 bits per heavy atom. The maximum absolute atomic E-state index is 12.5. The van der Waals surface area contributed by atoms with Gasteiger partial charge in [-0.25, -0.2) is 4.98 Å². The fourth-order valence-corrected chi connectivity index (χ4v) is 4.49. The first-order valence-electron chi connectivity index (χ1n) is 8.03. The number of anilines is 1. The van der Waals surface area contributed by atoms with Crippen LogP contribution in [0.2, 0.25) is 0 Å². The van der Waals surface area contributed by atoms with Crippen LogP contribution in [0.25, 0.3) is 32.5 Å². The Balaban J connectivity index is 1.55. The van der Waals surface area contributed by atoms with E-state index in [2.05, 4.69) is 40.6 Å². The Labute approximate surface area is 148 Å². The minimum Gasteiger partial charge on any atom is -0.466 e. The van der Waals surface area contributed by atoms with E-state index in [0.29, 0.717) is 16.5 Å². The number of fused-ring (bicyclic) bond motifs is 3. The molecule has 0 saturated heterocycles. The van der Waals surface area contributed by atoms with Gasteiger partial charge in [-0.3, -0.25) is 10.1 Å². The molecule has 0 radical (unpaired) electrons. The highest BCUT2D eigenvalue weighted by molar-refractivity contribution is 7.20. The van der Waals surface area contributed by atoms with Gasteiger partial charge < -0.3 is 4.42 Å². The smallest absolute Gasteiger partial charge is 0.260 e. The van der Waals surface area contributed by atoms with Crippen molar-refractivity contribution in [3.8, 4) is 21.7 Å². The number of nitrogens with zero attached hydrogens (tertiary/aromatic N) is 1. The molecule has 0 spiro atoms. The lowest BCUT2D eigenvalue weighted by atomic mass is 10.0. The quantitative estimate of drug-likeness (QED) is 0.465. The number of thiazole rings is 1. The number of rotatable bonds is 2. The number of aryl methyl sites for hydroxylation is 2. The first-order chi connectivity index (χ1) is 12.1. The third kappa shape index (κ3) is 2.06. The molecule has 0 unspecified atom stereocenters. The van der Waals surface area contributed by atoms with Crippen molar-refractivity contribution in [1.82, 2.24) is 4.98 Å². The SMILES string of the molecule is Cc1cc(C(=O)Nc2nc3c(s2)-c2cccc4cccc-3c24)c(C)o1. The molecule has 5 heteroatoms. The van der Waals surface area contributed by atoms with Crippen LogP contribution >= 0.6 is 11.3 Å². The fraction of sp³-hybridized carbons (Fsp3) is 0.100. The second kappa shape index (κ2) is 5.04. The van der Waals surface area contributed by atoms with Gasteiger partial charge in [-0.05, 0) is 30.7 Å². The van der Waals surface area contributed by atoms with E-state index in [9.17, 15) is 4.79 Å². The van der Waals surface area contributed by atoms with Crippen molar-refractivity contribution in [3.63, 3.8) is 0 Å². The van der Waals surface area contributed by atoms with Crippen molar-refractivity contribution in [2.45, 2.75) is 13.8 Å². The van der Waals surface area contributed by atoms with Crippen molar-refractivity contribution in [3.05, 3.63) is 59.5 Å². The molecule has 2 aromatic heterocycles. The van der Waals surface area contributed by atoms with Gasteiger partial charge in [0.15, 0.2) is 5.13 Å². The number of benzene rings is 2. The lowest BCUT2D eigenvalue weighted by Crippen LogP contribution is -2.11. The van der Waals surface area contributed by atoms with Crippen LogP contribution in [0.1, 0.15) is 21.9 Å². The topological polar surface area (TPSA) is 55.1 Å². The zero-order chi connectivity index (χ0) is 17.1. The first-order valence-corrected chi connectivity index (χ1v) is 8.85. The number of furan rings is 1. The number of hydrogen-bond donors (Lipinski definition) is 1. The highest BCUT2D eigenvalue weighted by atomic mass is 32.1. The molecular formula is C20H14N2O2S. The molecule has 0 aliphatic heterocycles. The molecule has 0 atom stereocenters. The number of hydrogen-bond acceptors (Lipinski definition) is 4. The van der Waals surface area contributed by atoms with E-state index in [1.165, 1.54) is 27.7 Å². The number of aromatic nitrogens is 1. The minimum atomic E-state index is -0.187. The first kappa shape index (κ1) is 14.4. The van der Waals surface area contributed by atoms with Crippen LogP contribution < -0.4 is 5.32 Å². The van der Waals surface area contributed by atoms with E-state index < -0.39 is 0 Å². The number of carbonyl (C=O) groups excluding carboxylic acids is 1. The van der Waals surface area contributed by atoms with Gasteiger partial charge in [0.25, 0.3) is 5.91 Å². The summed E-state index contributed by atoms with van der Waals surface area (Å²) in [6, 6.07) is 14.3. The Bertz CT molecular complexity index is 1110. The summed E-state index contributed by atoms with van der Waals surface area (Å²) < 4.78 is 5.44. The van der Waals surface area contributed by atoms with Crippen molar-refractivity contribution in [1.29, 1.82) is 0 Å². The molecule has 2 heterocycles. The zero-order valence-electron chi connectivity index (χ0n) is 13.7. The number of carbonyl (C=O) groups is 1. The van der Waals surface area contributed by atoms with Crippen LogP contribution in [0.5, 0.6) is 0 Å². The van der Waals surface area contributed by atoms with Crippen LogP contribution in [0.15, 0.2) is 46.9 Å². The third-order valence-electron chi connectivity index (χ3n) is 4.54. The number of nitrogens with one attached hydrogen (secondary N) is 1. The second-order valence-electron chi connectivity index (χ2n) is 6.19. The van der Waals surface area contributed by atoms with Gasteiger partial charge in [0.2, 0.25) is 0 Å². The number of amides is 1. The van der Waals surface area contributed by atoms with E-state index in [4.69, 9.17) is 4.42 Å². The molecule has 5 rings (SSSR count). The zero-order valence-corrected chi connectivity index (χ0v) is 14.5. The molecule has 1 amide bonds. The Morgan fingerprint density at radius 2 is 1.88 bits per heavy atom. The standard InChI is InChI=1S/C20H14N2O2S/c1-10-9-15(11(2)24-10)19(23)22-20-21-17-13-7-3-5-12-6-4-8-14(16(12)13)18(17)25-20/h3-9H,1-2H3,(H,21,22,23). The molecule has 1 aliphatic carbocycles. The van der Waals surface area contributed by atoms with Gasteiger partial charge in [-0.2, -0.15) is 0 Å². The maximum Gasteiger partial charge on any atom is 0.260 e. The molecule has 4 aromatic rings. The normalized spacial score (nSPS) is 11.8. The minimum absolute atomic E-state index is 0.187. The van der Waals surface area contributed by atoms with Gasteiger partial charge >= 0.3 is 0 Å². The largest absolute Gasteiger partial charge is 0.466 e. The molecule has 1 aliphatic rings. The average molecular weight is 346 g/mol. The van der Waals surface area contributed by atoms with Crippen molar-refractivity contribution >= 4 is 33.1 Å². The molecule has 0 fully saturated rings. The van der Waals surface area contributed by atoms with Gasteiger partial charge in [-0.15, -0.1) is 0 Å². The molecular weight excluding hydrogens is 332 g/mol. The lowest BCUT2D eigenvalue weighted by Gasteiger charge is -2.03. The van der Waals surface area contributed by atoms with Gasteiger partial charge in [-0.1, -0.05) is 47.7 Å². The molecule has 4 nitrogen and oxygen atoms in total. The Hall–Kier alpha value is -2.92. The summed E-state index contributed by atoms with van der Waals surface area (Å²) in [5.74, 6) is 1.16. The Kier molecular flexibility index (Phi) is 2.91. The summed E-state index contributed by atoms with van der Waals surface area (Å²) in [5.41, 5.74) is 3.83. The summed E-state index contributed by atoms with van der Waals surface area (Å²) in [7, 11) is 0. The van der Waals surface area contributed by atoms with E-state index in [0.717, 1.165) is 21.9 Å². The molecule has 1 N–H and O–H groups in total. The van der Waals surface area contributed by atoms with Crippen molar-refractivity contribution in [2.75, 3.05) is 5.32 Å². The summed E-state index contributed by atoms with van der Waals surface area (Å²) in [4.78, 5) is 18.3. The van der Waals surface area contributed by atoms with Crippen LogP contribution in [0.3, 0.4) is 0 Å². The predicted octanol–water partition coefficient (Wildman–Crippen LogP) is 5.41. The average Bonchev–Trinajstić information content (AvgIpc) is 3.23. The third-order valence-corrected chi connectivity index (χ3v) is 5.54. The Morgan fingerprint density at radius 1 is 1.12 bits per heavy atom. The van der Waals surface area contributed by atoms with Gasteiger partial charge in [0, 0.05) is 11.1 Å². The summed E-state index contributed by atoms with van der Waals surface area (Å²) >= 11 is 1.51. The molecule has 0 saturated carbocycles. The van der Waals surface area contributed by atoms with Gasteiger partial charge in [0.05, 0.1) is 16.1 Å². The summed E-state index contributed by atoms with van der Waals surface area (Å²) in [6.45, 7) is 3.62. The maximum atomic E-state index is 12.5. The van der Waals surface area contributed by atoms with Crippen molar-refractivity contribution < 1.29 is 9.21 Å². The fourth-order valence-electron chi connectivity index (χ4n) is 3.49. The van der Waals surface area contributed by atoms with Crippen LogP contribution in [-0.4, -0.2) is 10.9 Å². The van der Waals surface area contributed by atoms with Crippen LogP contribution in [-0.2, 0) is 0 Å². The lowest BCUT2D eigenvalue weighted by molar-refractivity contribution is 0.102. The van der Waals surface area contributed by atoms with Crippen LogP contribution in [0.4, 0.5) is 5.13 Å². The van der Waals surface area contributed by atoms with Gasteiger partial charge in [0.1, 0.15) is 11.5 Å². The molecule has 0 bridgehead atoms. The second-order valence-corrected chi connectivity index (χ2v) is 7.19. The van der Waals surface area contributed by atoms with Crippen molar-refractivity contribution in [2.24, 2.45) is 0 Å². The molecule has 2 aromatic carbocycles. The highest BCUT2D eigenvalue weighted by Gasteiger charge is 2.26. The van der Waals surface area contributed by atoms with Crippen LogP contribution in [0, 0.1) is 13.8 Å². The monoisotopic (exact) mass is 346 g/mol.